The molecule has 30 heavy (non-hydrogen) atoms. The molecule has 0 atom stereocenters. The van der Waals surface area contributed by atoms with Crippen LogP contribution in [0.25, 0.3) is 0 Å². The number of hydrogen-bond donors (Lipinski definition) is 1. The number of methoxy groups -OCH3 is 2. The molecule has 0 aliphatic carbocycles. The molecule has 0 saturated heterocycles. The van der Waals surface area contributed by atoms with Gasteiger partial charge in [-0.15, -0.1) is 0 Å². The number of carbonyl (C=O) groups is 2. The van der Waals surface area contributed by atoms with Gasteiger partial charge < -0.3 is 19.5 Å². The lowest BCUT2D eigenvalue weighted by molar-refractivity contribution is -0.385. The van der Waals surface area contributed by atoms with Crippen LogP contribution in [0.1, 0.15) is 10.4 Å². The molecule has 12 nitrogen and oxygen atoms in total. The Kier molecular flexibility index (Phi) is 7.09. The molecule has 1 amide bonds. The van der Waals surface area contributed by atoms with E-state index in [4.69, 9.17) is 25.8 Å². The average molecular weight is 440 g/mol. The summed E-state index contributed by atoms with van der Waals surface area (Å²) in [7, 11) is 2.54. The highest BCUT2D eigenvalue weighted by molar-refractivity contribution is 6.33. The van der Waals surface area contributed by atoms with Gasteiger partial charge in [-0.1, -0.05) is 11.6 Å². The molecule has 2 aromatic rings. The monoisotopic (exact) mass is 439 g/mol. The predicted octanol–water partition coefficient (Wildman–Crippen LogP) is 2.97. The quantitative estimate of drug-likeness (QED) is 0.370. The van der Waals surface area contributed by atoms with Crippen LogP contribution in [0.5, 0.6) is 11.5 Å². The standard InChI is InChI=1S/C17H14ClN3O9/c1-28-14-6-10(13(21(26)27)7-15(14)29-2)17(23)30-8-16(22)19-12-5-9(20(24)25)3-4-11(12)18/h3-7H,8H2,1-2H3,(H,19,22). The van der Waals surface area contributed by atoms with Crippen molar-refractivity contribution in [3.05, 3.63) is 61.1 Å². The molecule has 0 aliphatic heterocycles. The van der Waals surface area contributed by atoms with E-state index in [2.05, 4.69) is 5.32 Å². The van der Waals surface area contributed by atoms with Crippen LogP contribution in [-0.2, 0) is 9.53 Å². The highest BCUT2D eigenvalue weighted by Crippen LogP contribution is 2.34. The van der Waals surface area contributed by atoms with Gasteiger partial charge >= 0.3 is 5.97 Å². The van der Waals surface area contributed by atoms with E-state index in [0.29, 0.717) is 0 Å². The van der Waals surface area contributed by atoms with Gasteiger partial charge in [0.2, 0.25) is 0 Å². The molecule has 0 unspecified atom stereocenters. The Morgan fingerprint density at radius 2 is 1.67 bits per heavy atom. The first-order chi connectivity index (χ1) is 14.2. The van der Waals surface area contributed by atoms with E-state index in [1.165, 1.54) is 20.3 Å². The Morgan fingerprint density at radius 1 is 1.03 bits per heavy atom. The van der Waals surface area contributed by atoms with Crippen molar-refractivity contribution >= 4 is 40.5 Å². The third-order valence-electron chi connectivity index (χ3n) is 3.69. The number of nitrogens with one attached hydrogen (secondary N) is 1. The van der Waals surface area contributed by atoms with Crippen molar-refractivity contribution in [1.29, 1.82) is 0 Å². The highest BCUT2D eigenvalue weighted by Gasteiger charge is 2.26. The minimum absolute atomic E-state index is 0.0239. The van der Waals surface area contributed by atoms with Gasteiger partial charge in [-0.25, -0.2) is 4.79 Å². The van der Waals surface area contributed by atoms with Gasteiger partial charge in [-0.05, 0) is 6.07 Å². The lowest BCUT2D eigenvalue weighted by Crippen LogP contribution is -2.21. The van der Waals surface area contributed by atoms with Gasteiger partial charge in [0.1, 0.15) is 5.56 Å². The number of esters is 1. The van der Waals surface area contributed by atoms with Crippen LogP contribution in [0.4, 0.5) is 17.1 Å². The fourth-order valence-corrected chi connectivity index (χ4v) is 2.47. The Bertz CT molecular complexity index is 1030. The number of nitrogens with zero attached hydrogens (tertiary/aromatic N) is 2. The topological polar surface area (TPSA) is 160 Å². The molecule has 1 N–H and O–H groups in total. The maximum atomic E-state index is 12.3. The van der Waals surface area contributed by atoms with Crippen molar-refractivity contribution in [2.24, 2.45) is 0 Å². The summed E-state index contributed by atoms with van der Waals surface area (Å²) in [5.41, 5.74) is -1.45. The number of halogens is 1. The van der Waals surface area contributed by atoms with E-state index < -0.39 is 39.6 Å². The fraction of sp³-hybridized carbons (Fsp3) is 0.176. The Morgan fingerprint density at radius 3 is 2.23 bits per heavy atom. The lowest BCUT2D eigenvalue weighted by Gasteiger charge is -2.11. The number of hydrogen-bond acceptors (Lipinski definition) is 9. The SMILES string of the molecule is COc1cc(C(=O)OCC(=O)Nc2cc([N+](=O)[O-])ccc2Cl)c([N+](=O)[O-])cc1OC. The average Bonchev–Trinajstić information content (AvgIpc) is 2.72. The molecule has 0 heterocycles. The van der Waals surface area contributed by atoms with Crippen molar-refractivity contribution in [2.45, 2.75) is 0 Å². The van der Waals surface area contributed by atoms with Crippen molar-refractivity contribution < 1.29 is 33.6 Å². The molecule has 0 aromatic heterocycles. The van der Waals surface area contributed by atoms with E-state index in [-0.39, 0.29) is 27.9 Å². The van der Waals surface area contributed by atoms with E-state index in [1.807, 2.05) is 0 Å². The zero-order valence-corrected chi connectivity index (χ0v) is 16.3. The maximum absolute atomic E-state index is 12.3. The molecule has 0 spiro atoms. The van der Waals surface area contributed by atoms with E-state index in [1.54, 1.807) is 0 Å². The lowest BCUT2D eigenvalue weighted by atomic mass is 10.1. The molecule has 13 heteroatoms. The van der Waals surface area contributed by atoms with Crippen molar-refractivity contribution in [1.82, 2.24) is 0 Å². The molecule has 0 radical (unpaired) electrons. The zero-order chi connectivity index (χ0) is 22.4. The zero-order valence-electron chi connectivity index (χ0n) is 15.5. The number of nitro groups is 2. The molecule has 2 rings (SSSR count). The third-order valence-corrected chi connectivity index (χ3v) is 4.02. The summed E-state index contributed by atoms with van der Waals surface area (Å²) in [6.45, 7) is -0.830. The highest BCUT2D eigenvalue weighted by atomic mass is 35.5. The number of amides is 1. The van der Waals surface area contributed by atoms with Crippen LogP contribution in [0.15, 0.2) is 30.3 Å². The molecule has 0 fully saturated rings. The van der Waals surface area contributed by atoms with E-state index >= 15 is 0 Å². The van der Waals surface area contributed by atoms with E-state index in [9.17, 15) is 29.8 Å². The van der Waals surface area contributed by atoms with Gasteiger partial charge in [0.15, 0.2) is 18.1 Å². The molecular formula is C17H14ClN3O9. The number of rotatable bonds is 8. The van der Waals surface area contributed by atoms with Crippen LogP contribution < -0.4 is 14.8 Å². The van der Waals surface area contributed by atoms with Crippen LogP contribution in [0.2, 0.25) is 5.02 Å². The smallest absolute Gasteiger partial charge is 0.345 e. The summed E-state index contributed by atoms with van der Waals surface area (Å²) < 4.78 is 14.8. The summed E-state index contributed by atoms with van der Waals surface area (Å²) in [5.74, 6) is -1.96. The van der Waals surface area contributed by atoms with Gasteiger partial charge in [0.05, 0.1) is 40.8 Å². The minimum atomic E-state index is -1.16. The van der Waals surface area contributed by atoms with Gasteiger partial charge in [0, 0.05) is 18.2 Å². The predicted molar refractivity (Wildman–Crippen MR) is 103 cm³/mol. The summed E-state index contributed by atoms with van der Waals surface area (Å²) in [5, 5.41) is 24.3. The summed E-state index contributed by atoms with van der Waals surface area (Å²) in [4.78, 5) is 44.9. The molecule has 158 valence electrons. The van der Waals surface area contributed by atoms with Gasteiger partial charge in [-0.2, -0.15) is 0 Å². The van der Waals surface area contributed by atoms with Crippen molar-refractivity contribution in [3.8, 4) is 11.5 Å². The first-order valence-electron chi connectivity index (χ1n) is 7.99. The van der Waals surface area contributed by atoms with Crippen LogP contribution in [0.3, 0.4) is 0 Å². The second-order valence-corrected chi connectivity index (χ2v) is 5.93. The second kappa shape index (κ2) is 9.52. The van der Waals surface area contributed by atoms with E-state index in [0.717, 1.165) is 24.3 Å². The minimum Gasteiger partial charge on any atom is -0.493 e. The summed E-state index contributed by atoms with van der Waals surface area (Å²) >= 11 is 5.88. The first-order valence-corrected chi connectivity index (χ1v) is 8.37. The maximum Gasteiger partial charge on any atom is 0.345 e. The van der Waals surface area contributed by atoms with Crippen LogP contribution in [0, 0.1) is 20.2 Å². The van der Waals surface area contributed by atoms with Gasteiger partial charge in [-0.3, -0.25) is 25.0 Å². The fourth-order valence-electron chi connectivity index (χ4n) is 2.30. The summed E-state index contributed by atoms with van der Waals surface area (Å²) in [6.07, 6.45) is 0. The first kappa shape index (κ1) is 22.4. The molecular weight excluding hydrogens is 426 g/mol. The number of ether oxygens (including phenoxy) is 3. The Hall–Kier alpha value is -3.93. The third kappa shape index (κ3) is 5.11. The molecule has 0 aliphatic rings. The second-order valence-electron chi connectivity index (χ2n) is 5.53. The normalized spacial score (nSPS) is 10.1. The van der Waals surface area contributed by atoms with Crippen molar-refractivity contribution in [2.75, 3.05) is 26.1 Å². The largest absolute Gasteiger partial charge is 0.493 e. The number of carbonyl (C=O) groups excluding carboxylic acids is 2. The summed E-state index contributed by atoms with van der Waals surface area (Å²) in [6, 6.07) is 5.43. The Balaban J connectivity index is 2.16. The van der Waals surface area contributed by atoms with Crippen LogP contribution >= 0.6 is 11.6 Å². The van der Waals surface area contributed by atoms with Gasteiger partial charge in [0.25, 0.3) is 17.3 Å². The number of anilines is 1. The molecule has 0 saturated carbocycles. The molecule has 2 aromatic carbocycles. The molecule has 0 bridgehead atoms. The Labute approximate surface area is 173 Å². The number of benzene rings is 2. The number of nitro benzene ring substituents is 2. The number of non-ortho nitro benzene ring substituents is 1. The van der Waals surface area contributed by atoms with Crippen molar-refractivity contribution in [3.63, 3.8) is 0 Å². The van der Waals surface area contributed by atoms with Crippen LogP contribution in [-0.4, -0.2) is 42.5 Å².